The molecule has 5 heterocycles. The van der Waals surface area contributed by atoms with E-state index >= 15 is 0 Å². The number of benzene rings is 2. The first-order chi connectivity index (χ1) is 20.9. The monoisotopic (exact) mass is 580 g/mol. The van der Waals surface area contributed by atoms with Crippen LogP contribution in [-0.2, 0) is 20.9 Å². The van der Waals surface area contributed by atoms with Crippen molar-refractivity contribution in [1.29, 1.82) is 0 Å². The van der Waals surface area contributed by atoms with Crippen molar-refractivity contribution in [2.45, 2.75) is 70.7 Å². The standard InChI is InChI=1S/C36H44N4O3/c1-4-26-22-39-19-16-27(26)20-32(39)35(43-23-25-10-6-5-7-11-25)29-15-17-37-31-14-13-28(21-30(29)31)38-36(42)34(24(2)3)40-18-9-8-12-33(40)41/h4-7,10-11,13-15,17,21,24,26-27,32,34-35H,1,8-9,12,16,18-20,22-23H2,2-3H3,(H,38,42)/t26?,27?,32?,34-,35+/m0/s1. The molecule has 7 heteroatoms. The van der Waals surface area contributed by atoms with Crippen LogP contribution in [0.25, 0.3) is 10.9 Å². The molecule has 0 aliphatic carbocycles. The molecule has 4 aliphatic rings. The third-order valence-corrected chi connectivity index (χ3v) is 9.72. The number of amides is 2. The van der Waals surface area contributed by atoms with Gasteiger partial charge in [0.15, 0.2) is 0 Å². The summed E-state index contributed by atoms with van der Waals surface area (Å²) in [5.41, 5.74) is 3.82. The van der Waals surface area contributed by atoms with Crippen molar-refractivity contribution in [3.63, 3.8) is 0 Å². The quantitative estimate of drug-likeness (QED) is 0.282. The first-order valence-electron chi connectivity index (χ1n) is 15.9. The lowest BCUT2D eigenvalue weighted by Crippen LogP contribution is -2.55. The zero-order valence-electron chi connectivity index (χ0n) is 25.5. The van der Waals surface area contributed by atoms with E-state index in [0.717, 1.165) is 54.4 Å². The molecule has 7 rings (SSSR count). The molecule has 1 N–H and O–H groups in total. The van der Waals surface area contributed by atoms with Crippen LogP contribution in [0.2, 0.25) is 0 Å². The molecular weight excluding hydrogens is 536 g/mol. The number of carbonyl (C=O) groups excluding carboxylic acids is 2. The summed E-state index contributed by atoms with van der Waals surface area (Å²) in [6.45, 7) is 11.4. The average molecular weight is 581 g/mol. The molecule has 0 saturated carbocycles. The Balaban J connectivity index is 1.32. The van der Waals surface area contributed by atoms with Gasteiger partial charge in [0.2, 0.25) is 11.8 Å². The van der Waals surface area contributed by atoms with E-state index in [9.17, 15) is 9.59 Å². The summed E-state index contributed by atoms with van der Waals surface area (Å²) in [4.78, 5) is 35.4. The number of carbonyl (C=O) groups is 2. The number of aromatic nitrogens is 1. The summed E-state index contributed by atoms with van der Waals surface area (Å²) in [6.07, 6.45) is 8.45. The van der Waals surface area contributed by atoms with Gasteiger partial charge in [0.25, 0.3) is 0 Å². The second-order valence-electron chi connectivity index (χ2n) is 12.8. The van der Waals surface area contributed by atoms with Crippen molar-refractivity contribution in [3.05, 3.63) is 84.6 Å². The molecule has 4 saturated heterocycles. The summed E-state index contributed by atoms with van der Waals surface area (Å²) >= 11 is 0. The van der Waals surface area contributed by atoms with E-state index in [4.69, 9.17) is 4.74 Å². The average Bonchev–Trinajstić information content (AvgIpc) is 3.03. The minimum Gasteiger partial charge on any atom is -0.367 e. The Bertz CT molecular complexity index is 1460. The number of pyridine rings is 1. The van der Waals surface area contributed by atoms with Gasteiger partial charge in [0, 0.05) is 42.8 Å². The van der Waals surface area contributed by atoms with E-state index in [2.05, 4.69) is 46.1 Å². The van der Waals surface area contributed by atoms with Gasteiger partial charge < -0.3 is 15.0 Å². The Labute approximate surface area is 255 Å². The normalized spacial score (nSPS) is 25.1. The maximum atomic E-state index is 13.6. The summed E-state index contributed by atoms with van der Waals surface area (Å²) in [7, 11) is 0. The molecule has 4 fully saturated rings. The van der Waals surface area contributed by atoms with Gasteiger partial charge in [-0.2, -0.15) is 0 Å². The first-order valence-corrected chi connectivity index (χ1v) is 15.9. The van der Waals surface area contributed by atoms with Crippen molar-refractivity contribution in [2.24, 2.45) is 17.8 Å². The Kier molecular flexibility index (Phi) is 8.91. The highest BCUT2D eigenvalue weighted by molar-refractivity contribution is 5.99. The minimum absolute atomic E-state index is 0.00525. The Morgan fingerprint density at radius 1 is 1.14 bits per heavy atom. The third kappa shape index (κ3) is 6.24. The molecule has 4 unspecified atom stereocenters. The fourth-order valence-corrected chi connectivity index (χ4v) is 7.50. The van der Waals surface area contributed by atoms with Gasteiger partial charge in [0.1, 0.15) is 6.04 Å². The second kappa shape index (κ2) is 13.0. The second-order valence-corrected chi connectivity index (χ2v) is 12.8. The van der Waals surface area contributed by atoms with Gasteiger partial charge in [-0.3, -0.25) is 19.5 Å². The van der Waals surface area contributed by atoms with Crippen LogP contribution in [0.3, 0.4) is 0 Å². The smallest absolute Gasteiger partial charge is 0.247 e. The molecule has 2 amide bonds. The SMILES string of the molecule is C=CC1CN2CCC1CC2[C@H](OCc1ccccc1)c1ccnc2ccc(NC(=O)[C@H](C(C)C)N3CCCCC3=O)cc12. The third-order valence-electron chi connectivity index (χ3n) is 9.72. The first kappa shape index (κ1) is 29.5. The highest BCUT2D eigenvalue weighted by Crippen LogP contribution is 2.44. The number of anilines is 1. The number of hydrogen-bond donors (Lipinski definition) is 1. The summed E-state index contributed by atoms with van der Waals surface area (Å²) in [6, 6.07) is 18.1. The zero-order valence-corrected chi connectivity index (χ0v) is 25.5. The number of fused-ring (bicyclic) bond motifs is 4. The van der Waals surface area contributed by atoms with Crippen molar-refractivity contribution in [1.82, 2.24) is 14.8 Å². The lowest BCUT2D eigenvalue weighted by atomic mass is 9.73. The van der Waals surface area contributed by atoms with E-state index in [-0.39, 0.29) is 29.9 Å². The van der Waals surface area contributed by atoms with Gasteiger partial charge in [-0.1, -0.05) is 50.3 Å². The van der Waals surface area contributed by atoms with Gasteiger partial charge in [0.05, 0.1) is 18.2 Å². The molecule has 2 aromatic carbocycles. The molecule has 0 radical (unpaired) electrons. The number of hydrogen-bond acceptors (Lipinski definition) is 5. The highest BCUT2D eigenvalue weighted by atomic mass is 16.5. The minimum atomic E-state index is -0.498. The van der Waals surface area contributed by atoms with Gasteiger partial charge in [-0.05, 0) is 85.4 Å². The van der Waals surface area contributed by atoms with Crippen LogP contribution in [0.5, 0.6) is 0 Å². The predicted octanol–water partition coefficient (Wildman–Crippen LogP) is 6.36. The van der Waals surface area contributed by atoms with E-state index in [1.54, 1.807) is 4.90 Å². The molecule has 6 atom stereocenters. The van der Waals surface area contributed by atoms with Crippen LogP contribution in [0.15, 0.2) is 73.4 Å². The van der Waals surface area contributed by atoms with E-state index < -0.39 is 6.04 Å². The number of rotatable bonds is 10. The van der Waals surface area contributed by atoms with Crippen LogP contribution in [0.4, 0.5) is 5.69 Å². The molecule has 1 aromatic heterocycles. The van der Waals surface area contributed by atoms with Gasteiger partial charge in [-0.15, -0.1) is 6.58 Å². The predicted molar refractivity (Wildman–Crippen MR) is 170 cm³/mol. The number of ether oxygens (including phenoxy) is 1. The molecule has 0 spiro atoms. The largest absolute Gasteiger partial charge is 0.367 e. The van der Waals surface area contributed by atoms with Gasteiger partial charge >= 0.3 is 0 Å². The van der Waals surface area contributed by atoms with E-state index in [1.165, 1.54) is 6.42 Å². The lowest BCUT2D eigenvalue weighted by Gasteiger charge is -2.51. The summed E-state index contributed by atoms with van der Waals surface area (Å²) in [5.74, 6) is 1.07. The maximum Gasteiger partial charge on any atom is 0.247 e. The topological polar surface area (TPSA) is 74.8 Å². The fraction of sp³-hybridized carbons (Fsp3) is 0.472. The van der Waals surface area contributed by atoms with Crippen LogP contribution >= 0.6 is 0 Å². The van der Waals surface area contributed by atoms with Crippen LogP contribution in [-0.4, -0.2) is 58.3 Å². The Morgan fingerprint density at radius 3 is 2.70 bits per heavy atom. The fourth-order valence-electron chi connectivity index (χ4n) is 7.50. The van der Waals surface area contributed by atoms with Crippen molar-refractivity contribution in [2.75, 3.05) is 25.0 Å². The summed E-state index contributed by atoms with van der Waals surface area (Å²) in [5, 5.41) is 4.14. The zero-order chi connectivity index (χ0) is 29.9. The molecule has 2 bridgehead atoms. The molecule has 43 heavy (non-hydrogen) atoms. The number of piperidine rings is 4. The molecule has 4 aliphatic heterocycles. The van der Waals surface area contributed by atoms with Gasteiger partial charge in [-0.25, -0.2) is 0 Å². The van der Waals surface area contributed by atoms with Crippen LogP contribution in [0.1, 0.15) is 63.2 Å². The molecule has 226 valence electrons. The highest BCUT2D eigenvalue weighted by Gasteiger charge is 2.43. The van der Waals surface area contributed by atoms with Crippen molar-refractivity contribution < 1.29 is 14.3 Å². The van der Waals surface area contributed by atoms with Crippen molar-refractivity contribution in [3.8, 4) is 0 Å². The van der Waals surface area contributed by atoms with E-state index in [0.29, 0.717) is 37.1 Å². The molecule has 3 aromatic rings. The Morgan fingerprint density at radius 2 is 1.98 bits per heavy atom. The molecular formula is C36H44N4O3. The lowest BCUT2D eigenvalue weighted by molar-refractivity contribution is -0.142. The number of likely N-dealkylation sites (tertiary alicyclic amines) is 1. The van der Waals surface area contributed by atoms with E-state index in [1.807, 2.05) is 56.4 Å². The summed E-state index contributed by atoms with van der Waals surface area (Å²) < 4.78 is 6.84. The van der Waals surface area contributed by atoms with Crippen LogP contribution < -0.4 is 5.32 Å². The van der Waals surface area contributed by atoms with Crippen LogP contribution in [0, 0.1) is 17.8 Å². The number of nitrogens with one attached hydrogen (secondary N) is 1. The van der Waals surface area contributed by atoms with Crippen molar-refractivity contribution >= 4 is 28.4 Å². The number of nitrogens with zero attached hydrogens (tertiary/aromatic N) is 3. The molecule has 7 nitrogen and oxygen atoms in total. The Hall–Kier alpha value is -3.55. The maximum absolute atomic E-state index is 13.6.